The molecule has 0 aromatic heterocycles. The van der Waals surface area contributed by atoms with Crippen LogP contribution >= 0.6 is 11.6 Å². The molecule has 20 heavy (non-hydrogen) atoms. The maximum Gasteiger partial charge on any atom is 0.288 e. The van der Waals surface area contributed by atoms with E-state index in [9.17, 15) is 15.2 Å². The van der Waals surface area contributed by atoms with Crippen LogP contribution in [0.3, 0.4) is 0 Å². The molecule has 0 saturated heterocycles. The second kappa shape index (κ2) is 5.90. The van der Waals surface area contributed by atoms with Crippen molar-refractivity contribution in [2.75, 3.05) is 0 Å². The Labute approximate surface area is 120 Å². The average Bonchev–Trinajstić information content (AvgIpc) is 2.42. The van der Waals surface area contributed by atoms with Crippen molar-refractivity contribution in [2.24, 2.45) is 0 Å². The molecule has 2 aromatic carbocycles. The summed E-state index contributed by atoms with van der Waals surface area (Å²) in [6.07, 6.45) is 0. The van der Waals surface area contributed by atoms with Gasteiger partial charge >= 0.3 is 0 Å². The summed E-state index contributed by atoms with van der Waals surface area (Å²) in [5, 5.41) is 20.0. The van der Waals surface area contributed by atoms with E-state index in [0.29, 0.717) is 22.6 Å². The Morgan fingerprint density at radius 1 is 1.30 bits per heavy atom. The molecule has 104 valence electrons. The Morgan fingerprint density at radius 3 is 2.65 bits per heavy atom. The number of aliphatic hydroxyl groups is 1. The highest BCUT2D eigenvalue weighted by Gasteiger charge is 2.16. The topological polar surface area (TPSA) is 72.6 Å². The molecule has 6 heteroatoms. The molecule has 2 aromatic rings. The fraction of sp³-hybridized carbons (Fsp3) is 0.143. The smallest absolute Gasteiger partial charge is 0.288 e. The molecule has 1 N–H and O–H groups in total. The lowest BCUT2D eigenvalue weighted by Gasteiger charge is -2.12. The van der Waals surface area contributed by atoms with E-state index in [1.807, 2.05) is 0 Å². The first-order chi connectivity index (χ1) is 9.52. The molecule has 0 unspecified atom stereocenters. The van der Waals surface area contributed by atoms with Gasteiger partial charge in [-0.05, 0) is 18.6 Å². The van der Waals surface area contributed by atoms with Crippen molar-refractivity contribution in [3.05, 3.63) is 62.7 Å². The Hall–Kier alpha value is -2.11. The first-order valence-corrected chi connectivity index (χ1v) is 6.22. The molecular formula is C14H12ClNO4. The van der Waals surface area contributed by atoms with Crippen LogP contribution in [0.5, 0.6) is 11.5 Å². The van der Waals surface area contributed by atoms with Crippen LogP contribution in [0, 0.1) is 17.0 Å². The van der Waals surface area contributed by atoms with Crippen LogP contribution in [0.4, 0.5) is 5.69 Å². The Morgan fingerprint density at radius 2 is 2.00 bits per heavy atom. The third-order valence-corrected chi connectivity index (χ3v) is 3.11. The van der Waals surface area contributed by atoms with Gasteiger partial charge in [-0.3, -0.25) is 10.1 Å². The van der Waals surface area contributed by atoms with E-state index in [0.717, 1.165) is 0 Å². The van der Waals surface area contributed by atoms with Gasteiger partial charge in [0.2, 0.25) is 0 Å². The van der Waals surface area contributed by atoms with Gasteiger partial charge in [0.1, 0.15) is 16.5 Å². The summed E-state index contributed by atoms with van der Waals surface area (Å²) in [5.41, 5.74) is 1.06. The third-order valence-electron chi connectivity index (χ3n) is 2.80. The minimum atomic E-state index is -0.541. The standard InChI is InChI=1S/C14H12ClNO4/c1-9-6-12(16(18)19)11(15)7-14(9)20-13-5-3-2-4-10(13)8-17/h2-7,17H,8H2,1H3. The van der Waals surface area contributed by atoms with E-state index in [-0.39, 0.29) is 17.3 Å². The zero-order valence-electron chi connectivity index (χ0n) is 10.7. The number of nitrogens with zero attached hydrogens (tertiary/aromatic N) is 1. The Balaban J connectivity index is 2.39. The fourth-order valence-corrected chi connectivity index (χ4v) is 1.97. The number of ether oxygens (including phenoxy) is 1. The van der Waals surface area contributed by atoms with Gasteiger partial charge in [0.15, 0.2) is 0 Å². The number of nitro groups is 1. The summed E-state index contributed by atoms with van der Waals surface area (Å²) in [4.78, 5) is 10.3. The molecule has 0 heterocycles. The summed E-state index contributed by atoms with van der Waals surface area (Å²) in [6.45, 7) is 1.54. The molecule has 0 saturated carbocycles. The zero-order chi connectivity index (χ0) is 14.7. The van der Waals surface area contributed by atoms with Gasteiger partial charge in [-0.2, -0.15) is 0 Å². The fourth-order valence-electron chi connectivity index (χ4n) is 1.75. The molecule has 0 radical (unpaired) electrons. The van der Waals surface area contributed by atoms with E-state index in [1.165, 1.54) is 12.1 Å². The minimum Gasteiger partial charge on any atom is -0.457 e. The summed E-state index contributed by atoms with van der Waals surface area (Å²) in [7, 11) is 0. The number of halogens is 1. The molecule has 2 rings (SSSR count). The lowest BCUT2D eigenvalue weighted by molar-refractivity contribution is -0.384. The predicted molar refractivity (Wildman–Crippen MR) is 75.3 cm³/mol. The van der Waals surface area contributed by atoms with Gasteiger partial charge in [-0.25, -0.2) is 0 Å². The number of para-hydroxylation sites is 1. The van der Waals surface area contributed by atoms with Crippen molar-refractivity contribution in [3.8, 4) is 11.5 Å². The number of aliphatic hydroxyl groups excluding tert-OH is 1. The van der Waals surface area contributed by atoms with Crippen LogP contribution in [-0.2, 0) is 6.61 Å². The highest BCUT2D eigenvalue weighted by Crippen LogP contribution is 2.35. The van der Waals surface area contributed by atoms with E-state index in [2.05, 4.69) is 0 Å². The number of aryl methyl sites for hydroxylation is 1. The molecule has 0 aliphatic rings. The molecule has 5 nitrogen and oxygen atoms in total. The van der Waals surface area contributed by atoms with Crippen molar-refractivity contribution >= 4 is 17.3 Å². The maximum absolute atomic E-state index is 10.8. The van der Waals surface area contributed by atoms with Gasteiger partial charge < -0.3 is 9.84 Å². The van der Waals surface area contributed by atoms with Crippen LogP contribution < -0.4 is 4.74 Å². The van der Waals surface area contributed by atoms with Crippen LogP contribution in [0.1, 0.15) is 11.1 Å². The second-order valence-electron chi connectivity index (χ2n) is 4.19. The van der Waals surface area contributed by atoms with Crippen molar-refractivity contribution in [3.63, 3.8) is 0 Å². The second-order valence-corrected chi connectivity index (χ2v) is 4.60. The Bertz CT molecular complexity index is 658. The van der Waals surface area contributed by atoms with E-state index < -0.39 is 4.92 Å². The highest BCUT2D eigenvalue weighted by molar-refractivity contribution is 6.32. The Kier molecular flexibility index (Phi) is 4.22. The van der Waals surface area contributed by atoms with Gasteiger partial charge in [0.05, 0.1) is 11.5 Å². The van der Waals surface area contributed by atoms with Gasteiger partial charge in [-0.1, -0.05) is 29.8 Å². The highest BCUT2D eigenvalue weighted by atomic mass is 35.5. The number of rotatable bonds is 4. The zero-order valence-corrected chi connectivity index (χ0v) is 11.4. The van der Waals surface area contributed by atoms with E-state index in [1.54, 1.807) is 31.2 Å². The van der Waals surface area contributed by atoms with Crippen LogP contribution in [0.2, 0.25) is 5.02 Å². The van der Waals surface area contributed by atoms with Crippen LogP contribution in [0.25, 0.3) is 0 Å². The monoisotopic (exact) mass is 293 g/mol. The van der Waals surface area contributed by atoms with Crippen molar-refractivity contribution in [1.29, 1.82) is 0 Å². The van der Waals surface area contributed by atoms with E-state index in [4.69, 9.17) is 16.3 Å². The number of benzene rings is 2. The number of nitro benzene ring substituents is 1. The summed E-state index contributed by atoms with van der Waals surface area (Å²) >= 11 is 5.87. The minimum absolute atomic E-state index is 0.0112. The van der Waals surface area contributed by atoms with Gasteiger partial charge in [-0.15, -0.1) is 0 Å². The third kappa shape index (κ3) is 2.89. The normalized spacial score (nSPS) is 10.3. The van der Waals surface area contributed by atoms with Gasteiger partial charge in [0.25, 0.3) is 5.69 Å². The quantitative estimate of drug-likeness (QED) is 0.686. The molecule has 0 aliphatic carbocycles. The van der Waals surface area contributed by atoms with Crippen molar-refractivity contribution in [2.45, 2.75) is 13.5 Å². The maximum atomic E-state index is 10.8. The molecule has 0 spiro atoms. The molecule has 0 amide bonds. The molecular weight excluding hydrogens is 282 g/mol. The van der Waals surface area contributed by atoms with Crippen molar-refractivity contribution in [1.82, 2.24) is 0 Å². The first kappa shape index (κ1) is 14.3. The van der Waals surface area contributed by atoms with Crippen LogP contribution in [-0.4, -0.2) is 10.0 Å². The lowest BCUT2D eigenvalue weighted by atomic mass is 10.2. The largest absolute Gasteiger partial charge is 0.457 e. The first-order valence-electron chi connectivity index (χ1n) is 5.84. The SMILES string of the molecule is Cc1cc([N+](=O)[O-])c(Cl)cc1Oc1ccccc1CO. The predicted octanol–water partition coefficient (Wildman–Crippen LogP) is 3.84. The summed E-state index contributed by atoms with van der Waals surface area (Å²) < 4.78 is 5.68. The number of hydrogen-bond donors (Lipinski definition) is 1. The summed E-state index contributed by atoms with van der Waals surface area (Å²) in [5.74, 6) is 0.907. The molecule has 0 aliphatic heterocycles. The number of hydrogen-bond acceptors (Lipinski definition) is 4. The van der Waals surface area contributed by atoms with E-state index >= 15 is 0 Å². The molecule has 0 fully saturated rings. The molecule has 0 atom stereocenters. The summed E-state index contributed by atoms with van der Waals surface area (Å²) in [6, 6.07) is 9.77. The van der Waals surface area contributed by atoms with Crippen LogP contribution in [0.15, 0.2) is 36.4 Å². The van der Waals surface area contributed by atoms with Crippen molar-refractivity contribution < 1.29 is 14.8 Å². The lowest BCUT2D eigenvalue weighted by Crippen LogP contribution is -1.95. The average molecular weight is 294 g/mol. The molecule has 0 bridgehead atoms. The van der Waals surface area contributed by atoms with Gasteiger partial charge in [0, 0.05) is 17.7 Å².